The van der Waals surface area contributed by atoms with Gasteiger partial charge in [-0.25, -0.2) is 0 Å². The van der Waals surface area contributed by atoms with E-state index >= 15 is 0 Å². The quantitative estimate of drug-likeness (QED) is 0.310. The highest BCUT2D eigenvalue weighted by molar-refractivity contribution is 5.77. The normalized spacial score (nSPS) is 20.9. The third-order valence-corrected chi connectivity index (χ3v) is 1.55. The Kier molecular flexibility index (Phi) is 2.83. The molecule has 0 radical (unpaired) electrons. The molecule has 0 atom stereocenters. The maximum Gasteiger partial charge on any atom is 0.143 e. The van der Waals surface area contributed by atoms with Crippen LogP contribution in [-0.2, 0) is 9.53 Å². The topological polar surface area (TPSA) is 29.5 Å². The van der Waals surface area contributed by atoms with Crippen LogP contribution in [0.25, 0.3) is 0 Å². The monoisotopic (exact) mass is 147 g/mol. The van der Waals surface area contributed by atoms with E-state index in [0.717, 1.165) is 26.3 Å². The van der Waals surface area contributed by atoms with Gasteiger partial charge < -0.3 is 4.74 Å². The maximum atomic E-state index is 10.6. The van der Waals surface area contributed by atoms with E-state index < -0.39 is 0 Å². The molecule has 1 aliphatic heterocycles. The van der Waals surface area contributed by atoms with Crippen molar-refractivity contribution in [3.8, 4) is 0 Å². The van der Waals surface area contributed by atoms with Crippen molar-refractivity contribution in [2.75, 3.05) is 32.8 Å². The Morgan fingerprint density at radius 1 is 1.50 bits per heavy atom. The van der Waals surface area contributed by atoms with Gasteiger partial charge in [-0.05, 0) is 6.92 Å². The minimum Gasteiger partial charge on any atom is -0.379 e. The van der Waals surface area contributed by atoms with E-state index in [1.807, 2.05) is 0 Å². The van der Waals surface area contributed by atoms with Gasteiger partial charge in [0, 0.05) is 13.1 Å². The van der Waals surface area contributed by atoms with Crippen LogP contribution < -0.4 is 0 Å². The molecule has 0 aromatic carbocycles. The van der Waals surface area contributed by atoms with Crippen molar-refractivity contribution < 1.29 is 9.53 Å². The molecule has 0 amide bonds. The highest BCUT2D eigenvalue weighted by atomic mass is 18.3. The summed E-state index contributed by atoms with van der Waals surface area (Å²) < 4.78 is 5.13. The number of hydrogen-bond donors (Lipinski definition) is 0. The van der Waals surface area contributed by atoms with Gasteiger partial charge in [0.2, 0.25) is 0 Å². The lowest BCUT2D eigenvalue weighted by Crippen LogP contribution is -2.38. The van der Waals surface area contributed by atoms with Crippen molar-refractivity contribution in [2.24, 2.45) is 0 Å². The van der Waals surface area contributed by atoms with Crippen molar-refractivity contribution in [3.63, 3.8) is 0 Å². The number of Topliss-reactive ketones (excluding diaryl/α,β-unsaturated/α-hetero) is 1. The van der Waals surface area contributed by atoms with Crippen LogP contribution in [0.1, 0.15) is 6.92 Å². The predicted molar refractivity (Wildman–Crippen MR) is 37.9 cm³/mol. The zero-order valence-electron chi connectivity index (χ0n) is 6.30. The van der Waals surface area contributed by atoms with Crippen LogP contribution in [-0.4, -0.2) is 43.5 Å². The first kappa shape index (κ1) is 7.69. The molecular formula is C7H13NO2. The van der Waals surface area contributed by atoms with Gasteiger partial charge in [-0.2, -0.15) is 0 Å². The Balaban J connectivity index is 2.19. The zero-order valence-corrected chi connectivity index (χ0v) is 6.30. The van der Waals surface area contributed by atoms with Gasteiger partial charge in [-0.1, -0.05) is 0 Å². The first-order chi connectivity index (χ1) is 4.79. The first-order valence-electron chi connectivity index (χ1n) is 3.58. The largest absolute Gasteiger partial charge is 0.379 e. The Morgan fingerprint density at radius 3 is 2.60 bits per heavy atom. The third kappa shape index (κ3) is 2.45. The Labute approximate surface area is 61.0 Å². The zero-order chi connectivity index (χ0) is 7.40. The lowest BCUT2D eigenvalue weighted by atomic mass is 10.6. The average molecular weight is 147 g/mol. The van der Waals surface area contributed by atoms with E-state index in [0.29, 0.717) is 6.54 Å². The number of rotatable bonds is 2. The van der Waals surface area contributed by atoms with Gasteiger partial charge in [0.05, 0.1) is 19.8 Å². The molecule has 1 aliphatic rings. The first-order valence-corrected chi connectivity index (χ1v) is 3.58. The fourth-order valence-electron chi connectivity index (χ4n) is 1.07. The van der Waals surface area contributed by atoms with Crippen LogP contribution in [0, 0.1) is 0 Å². The maximum absolute atomic E-state index is 10.6. The van der Waals surface area contributed by atoms with Crippen LogP contribution in [0.3, 0.4) is 0 Å². The van der Waals surface area contributed by atoms with Crippen molar-refractivity contribution in [2.45, 2.75) is 6.92 Å². The Hall–Kier alpha value is -0.410. The van der Waals surface area contributed by atoms with E-state index in [-0.39, 0.29) is 5.78 Å². The van der Waals surface area contributed by atoms with Crippen LogP contribution in [0.5, 0.6) is 0 Å². The van der Waals surface area contributed by atoms with E-state index in [1.165, 1.54) is 0 Å². The summed E-state index contributed by atoms with van der Waals surface area (Å²) in [4.78, 5) is 12.7. The molecule has 1 fully saturated rings. The number of ketones is 1. The molecule has 3 nitrogen and oxygen atoms in total. The molecule has 58 valence electrons. The highest BCUT2D eigenvalue weighted by Crippen LogP contribution is 1.95. The summed E-state index contributed by atoms with van der Waals surface area (Å²) in [5.41, 5.74) is 0. The molecule has 1 rings (SSSR count). The van der Waals surface area contributed by atoms with Crippen LogP contribution in [0.4, 0.5) is 0 Å². The second-order valence-electron chi connectivity index (χ2n) is 2.59. The minimum atomic E-state index is 0.238. The minimum absolute atomic E-state index is 0.238. The van der Waals surface area contributed by atoms with Gasteiger partial charge in [-0.15, -0.1) is 0 Å². The Bertz CT molecular complexity index is 119. The van der Waals surface area contributed by atoms with Crippen molar-refractivity contribution in [1.29, 1.82) is 0 Å². The summed E-state index contributed by atoms with van der Waals surface area (Å²) in [5, 5.41) is 0. The van der Waals surface area contributed by atoms with Gasteiger partial charge in [0.25, 0.3) is 0 Å². The number of nitrogens with zero attached hydrogens (tertiary/aromatic N) is 1. The molecule has 1 saturated heterocycles. The molecule has 0 spiro atoms. The number of ether oxygens (including phenoxy) is 1. The summed E-state index contributed by atoms with van der Waals surface area (Å²) in [6.07, 6.45) is 0. The van der Waals surface area contributed by atoms with Crippen molar-refractivity contribution in [3.05, 3.63) is 0 Å². The molecule has 3 heteroatoms. The van der Waals surface area contributed by atoms with Gasteiger partial charge in [0.1, 0.15) is 5.78 Å². The molecule has 0 saturated carbocycles. The van der Waals surface area contributed by atoms with E-state index in [2.05, 4.69) is 4.90 Å². The highest BCUT2D eigenvalue weighted by Gasteiger charge is 2.10. The number of carbonyl (C=O) groups is 1. The van der Waals surface area contributed by atoms with Crippen LogP contribution in [0.2, 0.25) is 0 Å². The predicted octanol–water partition coefficient (Wildman–Crippen LogP) is -0.0924. The van der Waals surface area contributed by atoms with Crippen molar-refractivity contribution >= 4 is 5.78 Å². The fraction of sp³-hybridized carbons (Fsp3) is 0.857. The summed E-state index contributed by atoms with van der Waals surface area (Å²) in [7, 11) is 0. The lowest BCUT2D eigenvalue weighted by molar-refractivity contribution is -0.119. The van der Waals surface area contributed by atoms with Gasteiger partial charge >= 0.3 is 0 Å². The summed E-state index contributed by atoms with van der Waals surface area (Å²) >= 11 is 0. The summed E-state index contributed by atoms with van der Waals surface area (Å²) in [6, 6.07) is 0. The number of hydrogen-bond acceptors (Lipinski definition) is 3. The summed E-state index contributed by atoms with van der Waals surface area (Å²) in [6.45, 7) is 5.55. The third-order valence-electron chi connectivity index (χ3n) is 1.55. The van der Waals surface area contributed by atoms with Gasteiger partial charge in [-0.3, -0.25) is 9.69 Å². The molecule has 0 unspecified atom stereocenters. The molecule has 0 aliphatic carbocycles. The molecule has 0 N–H and O–H groups in total. The van der Waals surface area contributed by atoms with Crippen LogP contribution in [0.15, 0.2) is 0 Å². The van der Waals surface area contributed by atoms with Gasteiger partial charge in [0.15, 0.2) is 0 Å². The SMILES string of the molecule is C[13C](=O)C[15N]1CC[18O]CC1. The molecule has 0 aromatic rings. The average Bonchev–Trinajstić information content (AvgIpc) is 1.88. The van der Waals surface area contributed by atoms with E-state index in [9.17, 15) is 4.79 Å². The second kappa shape index (κ2) is 3.68. The lowest BCUT2D eigenvalue weighted by Gasteiger charge is -2.25. The summed E-state index contributed by atoms with van der Waals surface area (Å²) in [5.74, 6) is 0.238. The Morgan fingerprint density at radius 2 is 2.10 bits per heavy atom. The van der Waals surface area contributed by atoms with Crippen LogP contribution >= 0.6 is 0 Å². The molecule has 0 bridgehead atoms. The molecular weight excluding hydrogens is 134 g/mol. The smallest absolute Gasteiger partial charge is 0.143 e. The molecule has 1 heterocycles. The second-order valence-corrected chi connectivity index (χ2v) is 2.59. The van der Waals surface area contributed by atoms with Crippen molar-refractivity contribution in [1.82, 2.24) is 4.90 Å². The standard InChI is InChI=1S/C7H13NO2/c1-7(9)6-8-2-4-10-5-3-8/h2-6H2,1H3/i7+1,8+1,10+2. The number of carbonyl (C=O) groups excluding carboxylic acids is 1. The van der Waals surface area contributed by atoms with E-state index in [1.54, 1.807) is 6.92 Å². The van der Waals surface area contributed by atoms with E-state index in [4.69, 9.17) is 4.74 Å². The number of morpholine rings is 1. The molecule has 10 heavy (non-hydrogen) atoms. The fourth-order valence-corrected chi connectivity index (χ4v) is 1.07. The molecule has 0 aromatic heterocycles.